The van der Waals surface area contributed by atoms with Gasteiger partial charge in [0.1, 0.15) is 20.1 Å². The molecule has 0 radical (unpaired) electrons. The van der Waals surface area contributed by atoms with Gasteiger partial charge < -0.3 is 0 Å². The smallest absolute Gasteiger partial charge is 0.197 e. The van der Waals surface area contributed by atoms with Crippen molar-refractivity contribution in [2.24, 2.45) is 0 Å². The molecule has 20 nitrogen and oxygen atoms in total. The average molecular weight is 1290 g/mol. The van der Waals surface area contributed by atoms with Gasteiger partial charge in [0.25, 0.3) is 0 Å². The van der Waals surface area contributed by atoms with Gasteiger partial charge in [0, 0.05) is 23.0 Å². The van der Waals surface area contributed by atoms with Crippen LogP contribution in [0.4, 0.5) is 0 Å². The van der Waals surface area contributed by atoms with Gasteiger partial charge in [0.2, 0.25) is 0 Å². The highest BCUT2D eigenvalue weighted by Gasteiger charge is 2.06. The molecular weight excluding hydrogens is 1230 g/mol. The van der Waals surface area contributed by atoms with E-state index in [1.807, 2.05) is 6.07 Å². The van der Waals surface area contributed by atoms with Gasteiger partial charge >= 0.3 is 24.6 Å². The van der Waals surface area contributed by atoms with E-state index in [1.165, 1.54) is 83.5 Å². The maximum absolute atomic E-state index is 8.12. The molecule has 0 aliphatic heterocycles. The summed E-state index contributed by atoms with van der Waals surface area (Å²) >= 11 is 6.71. The zero-order valence-corrected chi connectivity index (χ0v) is 52.4. The topological polar surface area (TPSA) is 303 Å². The van der Waals surface area contributed by atoms with Crippen molar-refractivity contribution < 1.29 is 38.4 Å². The molecule has 0 spiro atoms. The molecule has 0 unspecified atom stereocenters. The third-order valence-corrected chi connectivity index (χ3v) is 16.1. The SMILES string of the molecule is Cc1ccc(-c2ccc(CSc3cn[nH]n3)cc2)cc1.Cc1ccc(-c2ccc(CSc3cn[nH]n3)cc2)cc1.Cc1ccc(-c2ccc(CSc3cn[nH]n3)cc2)cc1.O=C=O.O=C=O.O=C=O.O=C=O.c1ccc(-c2ccc(CSc3cn[nH]n3)cc2)cc1. The summed E-state index contributed by atoms with van der Waals surface area (Å²) < 4.78 is 0. The van der Waals surface area contributed by atoms with Crippen LogP contribution in [0, 0.1) is 20.8 Å². The summed E-state index contributed by atoms with van der Waals surface area (Å²) in [5.41, 5.74) is 19.0. The lowest BCUT2D eigenvalue weighted by Gasteiger charge is -2.04. The first-order chi connectivity index (χ1) is 44.5. The molecule has 0 fully saturated rings. The fraction of sp³-hybridized carbons (Fsp3) is 0.104. The molecule has 0 saturated heterocycles. The molecule has 8 aromatic carbocycles. The fourth-order valence-electron chi connectivity index (χ4n) is 7.71. The van der Waals surface area contributed by atoms with Crippen LogP contribution in [-0.2, 0) is 61.4 Å². The summed E-state index contributed by atoms with van der Waals surface area (Å²) in [7, 11) is 0. The summed E-state index contributed by atoms with van der Waals surface area (Å²) in [5.74, 6) is 3.61. The van der Waals surface area contributed by atoms with E-state index in [2.05, 4.69) is 277 Å². The highest BCUT2D eigenvalue weighted by atomic mass is 32.2. The molecule has 91 heavy (non-hydrogen) atoms. The number of hydrogen-bond donors (Lipinski definition) is 4. The largest absolute Gasteiger partial charge is 0.373 e. The highest BCUT2D eigenvalue weighted by Crippen LogP contribution is 2.28. The second-order valence-corrected chi connectivity index (χ2v) is 22.5. The number of nitrogens with one attached hydrogen (secondary N) is 4. The molecule has 0 saturated carbocycles. The Bertz CT molecular complexity index is 3680. The predicted molar refractivity (Wildman–Crippen MR) is 346 cm³/mol. The Balaban J connectivity index is 0.000000208. The van der Waals surface area contributed by atoms with E-state index in [-0.39, 0.29) is 24.6 Å². The van der Waals surface area contributed by atoms with Crippen molar-refractivity contribution in [3.63, 3.8) is 0 Å². The number of H-pyrrole nitrogens is 4. The van der Waals surface area contributed by atoms with Gasteiger partial charge in [-0.25, -0.2) is 0 Å². The van der Waals surface area contributed by atoms with Crippen molar-refractivity contribution in [1.29, 1.82) is 0 Å². The lowest BCUT2D eigenvalue weighted by atomic mass is 10.0. The van der Waals surface area contributed by atoms with Gasteiger partial charge in [0.15, 0.2) is 0 Å². The van der Waals surface area contributed by atoms with Crippen LogP contribution in [-0.4, -0.2) is 86.2 Å². The third-order valence-electron chi connectivity index (χ3n) is 12.2. The third kappa shape index (κ3) is 27.4. The molecule has 0 aliphatic carbocycles. The Labute approximate surface area is 540 Å². The normalized spacial score (nSPS) is 9.57. The Morgan fingerprint density at radius 2 is 0.440 bits per heavy atom. The second kappa shape index (κ2) is 42.2. The van der Waals surface area contributed by atoms with Crippen molar-refractivity contribution in [2.75, 3.05) is 0 Å². The van der Waals surface area contributed by atoms with Crippen molar-refractivity contribution in [3.8, 4) is 44.5 Å². The van der Waals surface area contributed by atoms with Crippen molar-refractivity contribution in [3.05, 3.63) is 264 Å². The van der Waals surface area contributed by atoms with Gasteiger partial charge in [-0.3, -0.25) is 0 Å². The van der Waals surface area contributed by atoms with Crippen LogP contribution < -0.4 is 0 Å². The summed E-state index contributed by atoms with van der Waals surface area (Å²) in [6, 6.07) is 70.9. The number of benzene rings is 8. The standard InChI is InChI=1S/3C16H15N3S.C15H13N3S.4CO2/c3*1-12-2-6-14(7-3-12)15-8-4-13(5-9-15)11-20-16-10-17-19-18-16;1-2-4-13(5-3-1)14-8-6-12(7-9-14)11-19-15-10-16-18-17-15;4*2-1-3/h3*2-10H,11H2,1H3,(H,17,18,19);1-10H,11H2,(H,16,17,18);;;;. The van der Waals surface area contributed by atoms with Crippen LogP contribution in [0.3, 0.4) is 0 Å². The Hall–Kier alpha value is -10.8. The van der Waals surface area contributed by atoms with E-state index < -0.39 is 0 Å². The lowest BCUT2D eigenvalue weighted by molar-refractivity contribution is -0.193. The molecule has 0 aliphatic rings. The molecule has 24 heteroatoms. The van der Waals surface area contributed by atoms with Crippen LogP contribution >= 0.6 is 47.0 Å². The molecule has 4 aromatic heterocycles. The van der Waals surface area contributed by atoms with Crippen molar-refractivity contribution >= 4 is 71.7 Å². The minimum Gasteiger partial charge on any atom is -0.197 e. The van der Waals surface area contributed by atoms with Gasteiger partial charge in [-0.15, -0.1) is 20.4 Å². The number of carbonyl (C=O) groups excluding carboxylic acids is 8. The molecular formula is C67H58N12O8S4. The van der Waals surface area contributed by atoms with E-state index in [1.54, 1.807) is 71.8 Å². The number of hydrogen-bond acceptors (Lipinski definition) is 20. The molecule has 0 atom stereocenters. The number of aromatic amines is 4. The Morgan fingerprint density at radius 3 is 0.615 bits per heavy atom. The van der Waals surface area contributed by atoms with E-state index in [0.717, 1.165) is 43.1 Å². The quantitative estimate of drug-likeness (QED) is 0.0653. The predicted octanol–water partition coefficient (Wildman–Crippen LogP) is 13.6. The van der Waals surface area contributed by atoms with E-state index in [9.17, 15) is 0 Å². The molecule has 4 N–H and O–H groups in total. The maximum Gasteiger partial charge on any atom is 0.373 e. The minimum absolute atomic E-state index is 0.250. The fourth-order valence-corrected chi connectivity index (χ4v) is 10.7. The highest BCUT2D eigenvalue weighted by molar-refractivity contribution is 7.99. The first kappa shape index (κ1) is 71.0. The van der Waals surface area contributed by atoms with Gasteiger partial charge in [0.05, 0.1) is 24.8 Å². The summed E-state index contributed by atoms with van der Waals surface area (Å²) in [5, 5.41) is 45.5. The van der Waals surface area contributed by atoms with Crippen LogP contribution in [0.25, 0.3) is 44.5 Å². The molecule has 12 aromatic rings. The first-order valence-corrected chi connectivity index (χ1v) is 31.0. The van der Waals surface area contributed by atoms with E-state index >= 15 is 0 Å². The van der Waals surface area contributed by atoms with Gasteiger partial charge in [-0.05, 0) is 87.5 Å². The second-order valence-electron chi connectivity index (χ2n) is 18.5. The Morgan fingerprint density at radius 1 is 0.264 bits per heavy atom. The Kier molecular flexibility index (Phi) is 32.9. The maximum atomic E-state index is 8.12. The first-order valence-electron chi connectivity index (χ1n) is 27.0. The average Bonchev–Trinajstić information content (AvgIpc) is 4.56. The number of rotatable bonds is 16. The number of aromatic nitrogens is 12. The molecule has 458 valence electrons. The molecule has 0 bridgehead atoms. The van der Waals surface area contributed by atoms with E-state index in [4.69, 9.17) is 38.4 Å². The van der Waals surface area contributed by atoms with Crippen molar-refractivity contribution in [1.82, 2.24) is 61.6 Å². The zero-order chi connectivity index (χ0) is 65.1. The number of nitrogens with zero attached hydrogens (tertiary/aromatic N) is 8. The summed E-state index contributed by atoms with van der Waals surface area (Å²) in [4.78, 5) is 65.0. The lowest BCUT2D eigenvalue weighted by Crippen LogP contribution is -1.83. The van der Waals surface area contributed by atoms with Crippen molar-refractivity contribution in [2.45, 2.75) is 63.9 Å². The van der Waals surface area contributed by atoms with Crippen LogP contribution in [0.2, 0.25) is 0 Å². The summed E-state index contributed by atoms with van der Waals surface area (Å²) in [6.07, 6.45) is 7.96. The van der Waals surface area contributed by atoms with Crippen LogP contribution in [0.15, 0.2) is 245 Å². The molecule has 0 amide bonds. The van der Waals surface area contributed by atoms with Crippen LogP contribution in [0.1, 0.15) is 38.9 Å². The molecule has 12 rings (SSSR count). The number of thioether (sulfide) groups is 4. The number of aryl methyl sites for hydroxylation is 3. The van der Waals surface area contributed by atoms with Gasteiger partial charge in [-0.1, -0.05) is 264 Å². The monoisotopic (exact) mass is 1290 g/mol. The summed E-state index contributed by atoms with van der Waals surface area (Å²) in [6.45, 7) is 6.32. The molecule has 4 heterocycles. The van der Waals surface area contributed by atoms with Gasteiger partial charge in [-0.2, -0.15) is 79.6 Å². The van der Waals surface area contributed by atoms with Crippen LogP contribution in [0.5, 0.6) is 0 Å². The van der Waals surface area contributed by atoms with E-state index in [0.29, 0.717) is 0 Å². The zero-order valence-electron chi connectivity index (χ0n) is 49.2. The minimum atomic E-state index is 0.250.